The number of fused-ring (bicyclic) bond motifs is 1. The van der Waals surface area contributed by atoms with Crippen LogP contribution in [0.4, 0.5) is 5.69 Å². The van der Waals surface area contributed by atoms with Crippen LogP contribution in [0.15, 0.2) is 36.4 Å². The largest absolute Gasteiger partial charge is 0.338 e. The number of nitrogens with one attached hydrogen (secondary N) is 1. The predicted molar refractivity (Wildman–Crippen MR) is 109 cm³/mol. The summed E-state index contributed by atoms with van der Waals surface area (Å²) in [7, 11) is 0. The third-order valence-corrected chi connectivity index (χ3v) is 6.88. The van der Waals surface area contributed by atoms with E-state index in [4.69, 9.17) is 0 Å². The van der Waals surface area contributed by atoms with Gasteiger partial charge in [0.25, 0.3) is 5.91 Å². The van der Waals surface area contributed by atoms with Gasteiger partial charge in [0.1, 0.15) is 0 Å². The molecule has 27 heavy (non-hydrogen) atoms. The van der Waals surface area contributed by atoms with Gasteiger partial charge in [-0.25, -0.2) is 0 Å². The van der Waals surface area contributed by atoms with E-state index < -0.39 is 0 Å². The van der Waals surface area contributed by atoms with Gasteiger partial charge in [-0.2, -0.15) is 0 Å². The average molecular weight is 383 g/mol. The summed E-state index contributed by atoms with van der Waals surface area (Å²) in [4.78, 5) is 29.6. The number of aryl methyl sites for hydroxylation is 2. The molecule has 142 valence electrons. The Morgan fingerprint density at radius 1 is 1.00 bits per heavy atom. The van der Waals surface area contributed by atoms with Gasteiger partial charge in [0.05, 0.1) is 4.88 Å². The zero-order chi connectivity index (χ0) is 18.6. The molecule has 0 unspecified atom stereocenters. The molecule has 4 rings (SSSR count). The number of para-hydroxylation sites is 1. The fourth-order valence-corrected chi connectivity index (χ4v) is 5.26. The van der Waals surface area contributed by atoms with Crippen molar-refractivity contribution in [3.63, 3.8) is 0 Å². The minimum absolute atomic E-state index is 0.0192. The van der Waals surface area contributed by atoms with Gasteiger partial charge >= 0.3 is 0 Å². The average Bonchev–Trinajstić information content (AvgIpc) is 2.99. The van der Waals surface area contributed by atoms with Crippen LogP contribution in [0.5, 0.6) is 0 Å². The Balaban J connectivity index is 1.33. The number of nitrogens with zero attached hydrogens (tertiary/aromatic N) is 1. The maximum absolute atomic E-state index is 12.9. The molecule has 0 atom stereocenters. The minimum atomic E-state index is -0.0192. The molecular formula is C22H26N2O2S. The van der Waals surface area contributed by atoms with E-state index in [0.717, 1.165) is 36.2 Å². The highest BCUT2D eigenvalue weighted by Crippen LogP contribution is 2.30. The van der Waals surface area contributed by atoms with E-state index in [-0.39, 0.29) is 17.7 Å². The summed E-state index contributed by atoms with van der Waals surface area (Å²) in [5.74, 6) is 0.195. The third-order valence-electron chi connectivity index (χ3n) is 5.65. The number of carbonyl (C=O) groups is 2. The van der Waals surface area contributed by atoms with Gasteiger partial charge in [-0.3, -0.25) is 9.59 Å². The van der Waals surface area contributed by atoms with Crippen LogP contribution in [0.25, 0.3) is 0 Å². The van der Waals surface area contributed by atoms with Gasteiger partial charge in [-0.1, -0.05) is 24.6 Å². The Kier molecular flexibility index (Phi) is 5.58. The summed E-state index contributed by atoms with van der Waals surface area (Å²) < 4.78 is 0. The van der Waals surface area contributed by atoms with Gasteiger partial charge in [0, 0.05) is 29.6 Å². The molecule has 1 fully saturated rings. The molecule has 2 amide bonds. The van der Waals surface area contributed by atoms with Crippen molar-refractivity contribution in [3.8, 4) is 0 Å². The second kappa shape index (κ2) is 8.26. The molecule has 5 heteroatoms. The van der Waals surface area contributed by atoms with Gasteiger partial charge in [-0.05, 0) is 62.3 Å². The Hall–Kier alpha value is -2.14. The number of carbonyl (C=O) groups excluding carboxylic acids is 2. The molecule has 0 saturated carbocycles. The molecule has 0 bridgehead atoms. The lowest BCUT2D eigenvalue weighted by Gasteiger charge is -2.31. The first-order valence-electron chi connectivity index (χ1n) is 9.97. The maximum atomic E-state index is 12.9. The molecule has 0 spiro atoms. The Labute approximate surface area is 164 Å². The van der Waals surface area contributed by atoms with Gasteiger partial charge < -0.3 is 10.2 Å². The number of piperidine rings is 1. The molecule has 1 aliphatic carbocycles. The topological polar surface area (TPSA) is 49.4 Å². The normalized spacial score (nSPS) is 17.9. The lowest BCUT2D eigenvalue weighted by atomic mass is 9.95. The number of rotatable bonds is 3. The second-order valence-corrected chi connectivity index (χ2v) is 8.68. The summed E-state index contributed by atoms with van der Waals surface area (Å²) in [5.41, 5.74) is 2.22. The van der Waals surface area contributed by atoms with E-state index in [1.165, 1.54) is 29.7 Å². The van der Waals surface area contributed by atoms with E-state index in [1.54, 1.807) is 11.3 Å². The summed E-state index contributed by atoms with van der Waals surface area (Å²) in [5, 5.41) is 2.99. The molecule has 1 N–H and O–H groups in total. The summed E-state index contributed by atoms with van der Waals surface area (Å²) in [6.45, 7) is 1.32. The fraction of sp³-hybridized carbons (Fsp3) is 0.455. The summed E-state index contributed by atoms with van der Waals surface area (Å²) >= 11 is 1.69. The molecule has 1 saturated heterocycles. The maximum Gasteiger partial charge on any atom is 0.263 e. The van der Waals surface area contributed by atoms with Crippen LogP contribution in [-0.4, -0.2) is 29.8 Å². The highest BCUT2D eigenvalue weighted by atomic mass is 32.1. The quantitative estimate of drug-likeness (QED) is 0.794. The molecule has 1 aromatic heterocycles. The molecule has 4 nitrogen and oxygen atoms in total. The Morgan fingerprint density at radius 2 is 1.74 bits per heavy atom. The molecule has 0 radical (unpaired) electrons. The monoisotopic (exact) mass is 382 g/mol. The fourth-order valence-electron chi connectivity index (χ4n) is 4.04. The molecule has 2 aliphatic rings. The van der Waals surface area contributed by atoms with Crippen LogP contribution in [0, 0.1) is 5.92 Å². The van der Waals surface area contributed by atoms with Crippen LogP contribution in [-0.2, 0) is 17.6 Å². The number of hydrogen-bond donors (Lipinski definition) is 1. The van der Waals surface area contributed by atoms with Crippen molar-refractivity contribution in [3.05, 3.63) is 51.7 Å². The highest BCUT2D eigenvalue weighted by Gasteiger charge is 2.29. The van der Waals surface area contributed by atoms with Crippen LogP contribution in [0.1, 0.15) is 52.2 Å². The lowest BCUT2D eigenvalue weighted by molar-refractivity contribution is -0.121. The Bertz CT molecular complexity index is 783. The van der Waals surface area contributed by atoms with Gasteiger partial charge in [-0.15, -0.1) is 11.3 Å². The van der Waals surface area contributed by atoms with Crippen LogP contribution < -0.4 is 5.32 Å². The van der Waals surface area contributed by atoms with Gasteiger partial charge in [0.15, 0.2) is 0 Å². The summed E-state index contributed by atoms with van der Waals surface area (Å²) in [6.07, 6.45) is 7.46. The van der Waals surface area contributed by atoms with Crippen LogP contribution in [0.3, 0.4) is 0 Å². The zero-order valence-electron chi connectivity index (χ0n) is 15.6. The standard InChI is InChI=1S/C22H26N2O2S/c25-21(23-18-8-4-2-5-9-18)16-11-13-24(14-12-16)22(26)20-15-17-7-3-1-6-10-19(17)27-20/h2,4-5,8-9,15-16H,1,3,6-7,10-14H2,(H,23,25). The number of amides is 2. The lowest BCUT2D eigenvalue weighted by Crippen LogP contribution is -2.41. The highest BCUT2D eigenvalue weighted by molar-refractivity contribution is 7.14. The predicted octanol–water partition coefficient (Wildman–Crippen LogP) is 4.51. The van der Waals surface area contributed by atoms with Gasteiger partial charge in [0.2, 0.25) is 5.91 Å². The van der Waals surface area contributed by atoms with Crippen molar-refractivity contribution in [1.29, 1.82) is 0 Å². The van der Waals surface area contributed by atoms with E-state index in [0.29, 0.717) is 13.1 Å². The first-order valence-corrected chi connectivity index (χ1v) is 10.8. The second-order valence-electron chi connectivity index (χ2n) is 7.54. The Morgan fingerprint density at radius 3 is 2.52 bits per heavy atom. The first kappa shape index (κ1) is 18.2. The SMILES string of the molecule is O=C(Nc1ccccc1)C1CCN(C(=O)c2cc3c(s2)CCCCC3)CC1. The number of thiophene rings is 1. The van der Waals surface area contributed by atoms with Crippen molar-refractivity contribution in [2.75, 3.05) is 18.4 Å². The summed E-state index contributed by atoms with van der Waals surface area (Å²) in [6, 6.07) is 11.7. The number of benzene rings is 1. The van der Waals surface area contributed by atoms with E-state index in [9.17, 15) is 9.59 Å². The molecule has 2 aromatic rings. The van der Waals surface area contributed by atoms with Crippen molar-refractivity contribution in [2.24, 2.45) is 5.92 Å². The molecule has 2 heterocycles. The van der Waals surface area contributed by atoms with E-state index in [1.807, 2.05) is 35.2 Å². The van der Waals surface area contributed by atoms with Crippen LogP contribution in [0.2, 0.25) is 0 Å². The number of anilines is 1. The van der Waals surface area contributed by atoms with Crippen molar-refractivity contribution < 1.29 is 9.59 Å². The van der Waals surface area contributed by atoms with Crippen molar-refractivity contribution >= 4 is 28.8 Å². The van der Waals surface area contributed by atoms with Crippen molar-refractivity contribution in [2.45, 2.75) is 44.9 Å². The molecule has 1 aromatic carbocycles. The minimum Gasteiger partial charge on any atom is -0.338 e. The van der Waals surface area contributed by atoms with E-state index in [2.05, 4.69) is 11.4 Å². The van der Waals surface area contributed by atoms with Crippen molar-refractivity contribution in [1.82, 2.24) is 4.90 Å². The number of likely N-dealkylation sites (tertiary alicyclic amines) is 1. The molecular weight excluding hydrogens is 356 g/mol. The smallest absolute Gasteiger partial charge is 0.263 e. The first-order chi connectivity index (χ1) is 13.2. The third kappa shape index (κ3) is 4.24. The van der Waals surface area contributed by atoms with E-state index >= 15 is 0 Å². The zero-order valence-corrected chi connectivity index (χ0v) is 16.4. The number of hydrogen-bond acceptors (Lipinski definition) is 3. The molecule has 1 aliphatic heterocycles. The van der Waals surface area contributed by atoms with Crippen LogP contribution >= 0.6 is 11.3 Å².